The number of halogens is 1. The second-order valence-corrected chi connectivity index (χ2v) is 6.93. The monoisotopic (exact) mass is 412 g/mol. The molecule has 0 aliphatic rings. The van der Waals surface area contributed by atoms with Crippen LogP contribution in [-0.2, 0) is 6.54 Å². The molecule has 6 nitrogen and oxygen atoms in total. The molecule has 2 aromatic carbocycles. The number of rotatable bonds is 8. The van der Waals surface area contributed by atoms with Crippen LogP contribution in [0.4, 0.5) is 0 Å². The summed E-state index contributed by atoms with van der Waals surface area (Å²) in [6.07, 6.45) is 0. The Morgan fingerprint density at radius 2 is 1.68 bits per heavy atom. The van der Waals surface area contributed by atoms with Gasteiger partial charge < -0.3 is 22.1 Å². The molecule has 0 bridgehead atoms. The summed E-state index contributed by atoms with van der Waals surface area (Å²) in [6, 6.07) is 24.0. The Morgan fingerprint density at radius 3 is 2.46 bits per heavy atom. The first-order valence-corrected chi connectivity index (χ1v) is 9.70. The molecule has 1 N–H and O–H groups in total. The topological polar surface area (TPSA) is 68.8 Å². The summed E-state index contributed by atoms with van der Waals surface area (Å²) in [6.45, 7) is 1.52. The summed E-state index contributed by atoms with van der Waals surface area (Å²) in [4.78, 5) is 0. The number of hydrogen-bond donors (Lipinski definition) is 1. The molecule has 0 atom stereocenters. The molecule has 0 aliphatic carbocycles. The maximum atomic E-state index is 5.89. The van der Waals surface area contributed by atoms with E-state index in [0.29, 0.717) is 6.54 Å². The fourth-order valence-electron chi connectivity index (χ4n) is 2.66. The van der Waals surface area contributed by atoms with Gasteiger partial charge in [0, 0.05) is 17.9 Å². The van der Waals surface area contributed by atoms with Crippen LogP contribution in [0.2, 0.25) is 0 Å². The van der Waals surface area contributed by atoms with E-state index in [0.717, 1.165) is 40.2 Å². The standard InChI is InChI=1S/C20H19N5OS.ClH/c1-3-7-16(8-4-1)19-12-11-18(26-19)15-21-13-14-27-20-22-23-24-25(20)17-9-5-2-6-10-17;/h1-12,21H,13-15H2;1H/p-1. The van der Waals surface area contributed by atoms with Crippen molar-refractivity contribution in [2.45, 2.75) is 11.7 Å². The minimum atomic E-state index is 0. The molecule has 0 unspecified atom stereocenters. The third-order valence-corrected chi connectivity index (χ3v) is 4.89. The first-order chi connectivity index (χ1) is 13.4. The Kier molecular flexibility index (Phi) is 7.25. The molecule has 0 amide bonds. The largest absolute Gasteiger partial charge is 1.00 e. The minimum Gasteiger partial charge on any atom is -1.00 e. The molecule has 2 aromatic heterocycles. The lowest BCUT2D eigenvalue weighted by molar-refractivity contribution is -0.00000605. The number of para-hydroxylation sites is 1. The molecular formula is C20H19ClN5OS-. The van der Waals surface area contributed by atoms with E-state index in [-0.39, 0.29) is 12.4 Å². The molecule has 0 aliphatic heterocycles. The van der Waals surface area contributed by atoms with E-state index in [2.05, 4.69) is 20.8 Å². The van der Waals surface area contributed by atoms with Crippen LogP contribution in [0.5, 0.6) is 0 Å². The smallest absolute Gasteiger partial charge is 0.214 e. The quantitative estimate of drug-likeness (QED) is 0.341. The summed E-state index contributed by atoms with van der Waals surface area (Å²) >= 11 is 1.62. The fourth-order valence-corrected chi connectivity index (χ4v) is 3.44. The number of furan rings is 1. The highest BCUT2D eigenvalue weighted by Gasteiger charge is 2.08. The van der Waals surface area contributed by atoms with Crippen molar-refractivity contribution in [3.8, 4) is 17.0 Å². The van der Waals surface area contributed by atoms with Gasteiger partial charge in [-0.05, 0) is 34.7 Å². The maximum Gasteiger partial charge on any atom is 0.214 e. The molecule has 0 radical (unpaired) electrons. The number of nitrogens with one attached hydrogen (secondary N) is 1. The molecule has 0 saturated carbocycles. The SMILES string of the molecule is [Cl-].c1ccc(-c2ccc(CNCCSc3nnnn3-c3ccccc3)o2)cc1. The molecule has 144 valence electrons. The van der Waals surface area contributed by atoms with Crippen LogP contribution in [0.3, 0.4) is 0 Å². The molecule has 8 heteroatoms. The van der Waals surface area contributed by atoms with Crippen LogP contribution in [0, 0.1) is 0 Å². The molecular weight excluding hydrogens is 394 g/mol. The van der Waals surface area contributed by atoms with Gasteiger partial charge in [-0.1, -0.05) is 60.3 Å². The molecule has 4 rings (SSSR count). The van der Waals surface area contributed by atoms with E-state index in [1.165, 1.54) is 0 Å². The highest BCUT2D eigenvalue weighted by atomic mass is 35.5. The minimum absolute atomic E-state index is 0. The van der Waals surface area contributed by atoms with Crippen LogP contribution >= 0.6 is 11.8 Å². The van der Waals surface area contributed by atoms with Crippen molar-refractivity contribution in [3.05, 3.63) is 78.6 Å². The van der Waals surface area contributed by atoms with Gasteiger partial charge in [0.2, 0.25) is 5.16 Å². The average Bonchev–Trinajstić information content (AvgIpc) is 3.39. The first-order valence-electron chi connectivity index (χ1n) is 8.71. The zero-order chi connectivity index (χ0) is 18.3. The zero-order valence-corrected chi connectivity index (χ0v) is 16.6. The number of hydrogen-bond acceptors (Lipinski definition) is 6. The van der Waals surface area contributed by atoms with Gasteiger partial charge in [0.1, 0.15) is 11.5 Å². The van der Waals surface area contributed by atoms with Crippen molar-refractivity contribution in [2.24, 2.45) is 0 Å². The molecule has 28 heavy (non-hydrogen) atoms. The third kappa shape index (κ3) is 5.01. The average molecular weight is 413 g/mol. The molecule has 0 saturated heterocycles. The number of tetrazole rings is 1. The summed E-state index contributed by atoms with van der Waals surface area (Å²) < 4.78 is 7.65. The van der Waals surface area contributed by atoms with E-state index in [1.54, 1.807) is 16.4 Å². The second-order valence-electron chi connectivity index (χ2n) is 5.87. The van der Waals surface area contributed by atoms with Gasteiger partial charge in [-0.25, -0.2) is 0 Å². The summed E-state index contributed by atoms with van der Waals surface area (Å²) in [5.74, 6) is 2.68. The maximum absolute atomic E-state index is 5.89. The lowest BCUT2D eigenvalue weighted by atomic mass is 10.2. The van der Waals surface area contributed by atoms with Gasteiger partial charge in [0.05, 0.1) is 12.2 Å². The van der Waals surface area contributed by atoms with Crippen LogP contribution in [-0.4, -0.2) is 32.5 Å². The van der Waals surface area contributed by atoms with Crippen molar-refractivity contribution in [2.75, 3.05) is 12.3 Å². The Morgan fingerprint density at radius 1 is 0.929 bits per heavy atom. The Bertz CT molecular complexity index is 974. The van der Waals surface area contributed by atoms with Gasteiger partial charge in [-0.15, -0.1) is 5.10 Å². The van der Waals surface area contributed by atoms with Crippen LogP contribution in [0.15, 0.2) is 82.4 Å². The Labute approximate surface area is 173 Å². The van der Waals surface area contributed by atoms with E-state index in [9.17, 15) is 0 Å². The second kappa shape index (κ2) is 10.1. The van der Waals surface area contributed by atoms with E-state index in [4.69, 9.17) is 4.42 Å². The van der Waals surface area contributed by atoms with Crippen molar-refractivity contribution in [3.63, 3.8) is 0 Å². The van der Waals surface area contributed by atoms with Crippen molar-refractivity contribution in [1.29, 1.82) is 0 Å². The lowest BCUT2D eigenvalue weighted by Crippen LogP contribution is -3.00. The van der Waals surface area contributed by atoms with Gasteiger partial charge in [0.15, 0.2) is 0 Å². The molecule has 0 fully saturated rings. The number of nitrogens with zero attached hydrogens (tertiary/aromatic N) is 4. The predicted molar refractivity (Wildman–Crippen MR) is 106 cm³/mol. The first kappa shape index (κ1) is 20.1. The highest BCUT2D eigenvalue weighted by Crippen LogP contribution is 2.21. The molecule has 4 aromatic rings. The van der Waals surface area contributed by atoms with E-state index < -0.39 is 0 Å². The lowest BCUT2D eigenvalue weighted by Gasteiger charge is -2.04. The Balaban J connectivity index is 0.00000225. The van der Waals surface area contributed by atoms with Crippen molar-refractivity contribution in [1.82, 2.24) is 25.5 Å². The van der Waals surface area contributed by atoms with Crippen molar-refractivity contribution >= 4 is 11.8 Å². The van der Waals surface area contributed by atoms with Crippen molar-refractivity contribution < 1.29 is 16.8 Å². The normalized spacial score (nSPS) is 10.6. The number of aromatic nitrogens is 4. The third-order valence-electron chi connectivity index (χ3n) is 3.97. The van der Waals surface area contributed by atoms with Crippen LogP contribution < -0.4 is 17.7 Å². The number of benzene rings is 2. The van der Waals surface area contributed by atoms with Gasteiger partial charge in [0.25, 0.3) is 0 Å². The Hall–Kier alpha value is -2.61. The summed E-state index contributed by atoms with van der Waals surface area (Å²) in [5, 5.41) is 16.1. The number of thioether (sulfide) groups is 1. The van der Waals surface area contributed by atoms with Crippen LogP contribution in [0.1, 0.15) is 5.76 Å². The van der Waals surface area contributed by atoms with Crippen LogP contribution in [0.25, 0.3) is 17.0 Å². The van der Waals surface area contributed by atoms with Gasteiger partial charge in [-0.3, -0.25) is 0 Å². The highest BCUT2D eigenvalue weighted by molar-refractivity contribution is 7.99. The summed E-state index contributed by atoms with van der Waals surface area (Å²) in [5.41, 5.74) is 2.05. The molecule has 0 spiro atoms. The fraction of sp³-hybridized carbons (Fsp3) is 0.150. The van der Waals surface area contributed by atoms with Gasteiger partial charge >= 0.3 is 0 Å². The predicted octanol–water partition coefficient (Wildman–Crippen LogP) is 0.808. The molecule has 2 heterocycles. The zero-order valence-electron chi connectivity index (χ0n) is 15.0. The van der Waals surface area contributed by atoms with E-state index in [1.807, 2.05) is 72.8 Å². The summed E-state index contributed by atoms with van der Waals surface area (Å²) in [7, 11) is 0. The van der Waals surface area contributed by atoms with E-state index >= 15 is 0 Å². The van der Waals surface area contributed by atoms with Gasteiger partial charge in [-0.2, -0.15) is 4.68 Å².